The highest BCUT2D eigenvalue weighted by Gasteiger charge is 2.05. The Morgan fingerprint density at radius 3 is 2.93 bits per heavy atom. The molecular weight excluding hydrogens is 174 g/mol. The second-order valence-corrected chi connectivity index (χ2v) is 3.67. The molecule has 3 heteroatoms. The molecule has 0 saturated heterocycles. The summed E-state index contributed by atoms with van der Waals surface area (Å²) in [6.45, 7) is 4.19. The van der Waals surface area contributed by atoms with Crippen LogP contribution in [-0.4, -0.2) is 10.2 Å². The molecule has 2 aromatic rings. The van der Waals surface area contributed by atoms with E-state index < -0.39 is 0 Å². The standard InChI is InChI=1S/C11H15N3/c1-3-4-8-5-9-7(2)13-14-11(9)6-10(8)12/h5-6H,3-4,12H2,1-2H3,(H,13,14). The summed E-state index contributed by atoms with van der Waals surface area (Å²) in [7, 11) is 0. The molecule has 2 rings (SSSR count). The van der Waals surface area contributed by atoms with Gasteiger partial charge in [-0.25, -0.2) is 0 Å². The monoisotopic (exact) mass is 189 g/mol. The molecule has 3 nitrogen and oxygen atoms in total. The Balaban J connectivity index is 2.61. The number of rotatable bonds is 2. The van der Waals surface area contributed by atoms with Crippen molar-refractivity contribution in [3.63, 3.8) is 0 Å². The lowest BCUT2D eigenvalue weighted by molar-refractivity contribution is 0.926. The van der Waals surface area contributed by atoms with Crippen molar-refractivity contribution in [2.45, 2.75) is 26.7 Å². The van der Waals surface area contributed by atoms with Crippen LogP contribution in [0.2, 0.25) is 0 Å². The van der Waals surface area contributed by atoms with Gasteiger partial charge in [-0.2, -0.15) is 5.10 Å². The predicted octanol–water partition coefficient (Wildman–Crippen LogP) is 2.41. The van der Waals surface area contributed by atoms with E-state index in [1.54, 1.807) is 0 Å². The first-order valence-electron chi connectivity index (χ1n) is 4.95. The number of aromatic nitrogens is 2. The Kier molecular flexibility index (Phi) is 2.15. The molecule has 74 valence electrons. The summed E-state index contributed by atoms with van der Waals surface area (Å²) in [5.41, 5.74) is 10.1. The SMILES string of the molecule is CCCc1cc2c(C)[nH]nc2cc1N. The number of fused-ring (bicyclic) bond motifs is 1. The molecule has 0 unspecified atom stereocenters. The number of nitrogens with one attached hydrogen (secondary N) is 1. The Labute approximate surface area is 83.3 Å². The fraction of sp³-hybridized carbons (Fsp3) is 0.364. The second kappa shape index (κ2) is 3.33. The zero-order valence-electron chi connectivity index (χ0n) is 8.59. The lowest BCUT2D eigenvalue weighted by Crippen LogP contribution is -1.93. The van der Waals surface area contributed by atoms with E-state index in [1.165, 1.54) is 10.9 Å². The molecule has 3 N–H and O–H groups in total. The van der Waals surface area contributed by atoms with Crippen LogP contribution in [0.3, 0.4) is 0 Å². The first-order chi connectivity index (χ1) is 6.72. The quantitative estimate of drug-likeness (QED) is 0.713. The number of nitrogens with zero attached hydrogens (tertiary/aromatic N) is 1. The van der Waals surface area contributed by atoms with Crippen LogP contribution in [-0.2, 0) is 6.42 Å². The summed E-state index contributed by atoms with van der Waals surface area (Å²) in [4.78, 5) is 0. The van der Waals surface area contributed by atoms with Gasteiger partial charge in [0, 0.05) is 16.8 Å². The van der Waals surface area contributed by atoms with Gasteiger partial charge < -0.3 is 5.73 Å². The maximum atomic E-state index is 5.93. The first kappa shape index (κ1) is 9.06. The van der Waals surface area contributed by atoms with Crippen molar-refractivity contribution in [3.05, 3.63) is 23.4 Å². The van der Waals surface area contributed by atoms with E-state index in [9.17, 15) is 0 Å². The Morgan fingerprint density at radius 1 is 1.43 bits per heavy atom. The third-order valence-electron chi connectivity index (χ3n) is 2.52. The minimum Gasteiger partial charge on any atom is -0.398 e. The van der Waals surface area contributed by atoms with Crippen molar-refractivity contribution in [3.8, 4) is 0 Å². The third-order valence-corrected chi connectivity index (χ3v) is 2.52. The maximum Gasteiger partial charge on any atom is 0.0944 e. The fourth-order valence-electron chi connectivity index (χ4n) is 1.73. The van der Waals surface area contributed by atoms with Crippen molar-refractivity contribution >= 4 is 16.6 Å². The van der Waals surface area contributed by atoms with Crippen molar-refractivity contribution in [1.29, 1.82) is 0 Å². The van der Waals surface area contributed by atoms with Gasteiger partial charge >= 0.3 is 0 Å². The number of nitrogens with two attached hydrogens (primary N) is 1. The molecule has 0 radical (unpaired) electrons. The zero-order chi connectivity index (χ0) is 10.1. The molecule has 1 aromatic heterocycles. The molecule has 0 atom stereocenters. The molecule has 0 fully saturated rings. The van der Waals surface area contributed by atoms with Gasteiger partial charge in [-0.15, -0.1) is 0 Å². The summed E-state index contributed by atoms with van der Waals surface area (Å²) in [5.74, 6) is 0. The summed E-state index contributed by atoms with van der Waals surface area (Å²) in [6, 6.07) is 4.09. The van der Waals surface area contributed by atoms with Gasteiger partial charge in [0.25, 0.3) is 0 Å². The predicted molar refractivity (Wildman–Crippen MR) is 59.2 cm³/mol. The number of aromatic amines is 1. The van der Waals surface area contributed by atoms with Crippen molar-refractivity contribution in [1.82, 2.24) is 10.2 Å². The van der Waals surface area contributed by atoms with E-state index in [0.717, 1.165) is 29.7 Å². The molecule has 1 heterocycles. The van der Waals surface area contributed by atoms with Gasteiger partial charge in [-0.1, -0.05) is 13.3 Å². The minimum atomic E-state index is 0.853. The molecule has 0 aliphatic heterocycles. The van der Waals surface area contributed by atoms with Crippen LogP contribution in [0.15, 0.2) is 12.1 Å². The van der Waals surface area contributed by atoms with Crippen LogP contribution in [0.1, 0.15) is 24.6 Å². The topological polar surface area (TPSA) is 54.7 Å². The smallest absolute Gasteiger partial charge is 0.0944 e. The number of H-pyrrole nitrogens is 1. The first-order valence-corrected chi connectivity index (χ1v) is 4.95. The van der Waals surface area contributed by atoms with Crippen LogP contribution in [0.5, 0.6) is 0 Å². The van der Waals surface area contributed by atoms with Crippen molar-refractivity contribution < 1.29 is 0 Å². The van der Waals surface area contributed by atoms with Crippen LogP contribution < -0.4 is 5.73 Å². The Morgan fingerprint density at radius 2 is 2.21 bits per heavy atom. The molecule has 0 aliphatic carbocycles. The van der Waals surface area contributed by atoms with Crippen molar-refractivity contribution in [2.24, 2.45) is 0 Å². The Hall–Kier alpha value is -1.51. The number of benzene rings is 1. The van der Waals surface area contributed by atoms with E-state index in [-0.39, 0.29) is 0 Å². The highest BCUT2D eigenvalue weighted by molar-refractivity contribution is 5.85. The molecule has 0 bridgehead atoms. The van der Waals surface area contributed by atoms with E-state index in [4.69, 9.17) is 5.73 Å². The highest BCUT2D eigenvalue weighted by Crippen LogP contribution is 2.23. The van der Waals surface area contributed by atoms with E-state index in [2.05, 4.69) is 23.2 Å². The molecule has 14 heavy (non-hydrogen) atoms. The zero-order valence-corrected chi connectivity index (χ0v) is 8.59. The number of anilines is 1. The maximum absolute atomic E-state index is 5.93. The minimum absolute atomic E-state index is 0.853. The van der Waals surface area contributed by atoms with Crippen LogP contribution in [0.25, 0.3) is 10.9 Å². The van der Waals surface area contributed by atoms with Crippen LogP contribution in [0, 0.1) is 6.92 Å². The largest absolute Gasteiger partial charge is 0.398 e. The van der Waals surface area contributed by atoms with E-state index in [1.807, 2.05) is 13.0 Å². The van der Waals surface area contributed by atoms with Crippen molar-refractivity contribution in [2.75, 3.05) is 5.73 Å². The fourth-order valence-corrected chi connectivity index (χ4v) is 1.73. The molecule has 0 aliphatic rings. The van der Waals surface area contributed by atoms with E-state index in [0.29, 0.717) is 0 Å². The number of hydrogen-bond donors (Lipinski definition) is 2. The van der Waals surface area contributed by atoms with Gasteiger partial charge in [0.05, 0.1) is 5.52 Å². The summed E-state index contributed by atoms with van der Waals surface area (Å²) < 4.78 is 0. The van der Waals surface area contributed by atoms with Crippen LogP contribution in [0.4, 0.5) is 5.69 Å². The lowest BCUT2D eigenvalue weighted by Gasteiger charge is -2.03. The Bertz CT molecular complexity index is 457. The average Bonchev–Trinajstić information content (AvgIpc) is 2.49. The summed E-state index contributed by atoms with van der Waals surface area (Å²) >= 11 is 0. The third kappa shape index (κ3) is 1.35. The average molecular weight is 189 g/mol. The molecule has 0 amide bonds. The number of nitrogen functional groups attached to an aromatic ring is 1. The second-order valence-electron chi connectivity index (χ2n) is 3.67. The molecule has 1 aromatic carbocycles. The lowest BCUT2D eigenvalue weighted by atomic mass is 10.0. The molecule has 0 saturated carbocycles. The van der Waals surface area contributed by atoms with Crippen LogP contribution >= 0.6 is 0 Å². The normalized spacial score (nSPS) is 11.0. The number of hydrogen-bond acceptors (Lipinski definition) is 2. The van der Waals surface area contributed by atoms with E-state index >= 15 is 0 Å². The van der Waals surface area contributed by atoms with Gasteiger partial charge in [-0.05, 0) is 31.0 Å². The molecule has 0 spiro atoms. The molecular formula is C11H15N3. The summed E-state index contributed by atoms with van der Waals surface area (Å²) in [6.07, 6.45) is 2.15. The number of aryl methyl sites for hydroxylation is 2. The summed E-state index contributed by atoms with van der Waals surface area (Å²) in [5, 5.41) is 8.33. The van der Waals surface area contributed by atoms with Gasteiger partial charge in [-0.3, -0.25) is 5.10 Å². The van der Waals surface area contributed by atoms with Gasteiger partial charge in [0.1, 0.15) is 0 Å². The van der Waals surface area contributed by atoms with Gasteiger partial charge in [0.15, 0.2) is 0 Å². The van der Waals surface area contributed by atoms with Gasteiger partial charge in [0.2, 0.25) is 0 Å². The highest BCUT2D eigenvalue weighted by atomic mass is 15.1.